The van der Waals surface area contributed by atoms with Crippen LogP contribution in [0.2, 0.25) is 0 Å². The molecule has 0 unspecified atom stereocenters. The molecule has 0 aliphatic carbocycles. The Morgan fingerprint density at radius 2 is 1.64 bits per heavy atom. The predicted octanol–water partition coefficient (Wildman–Crippen LogP) is 4.35. The Labute approximate surface area is 215 Å². The monoisotopic (exact) mass is 493 g/mol. The first-order chi connectivity index (χ1) is 17.5. The van der Waals surface area contributed by atoms with Crippen molar-refractivity contribution in [1.29, 1.82) is 0 Å². The number of ether oxygens (including phenoxy) is 2. The summed E-state index contributed by atoms with van der Waals surface area (Å²) in [6.45, 7) is 5.27. The summed E-state index contributed by atoms with van der Waals surface area (Å²) in [5.41, 5.74) is 1.51. The number of hydrogen-bond acceptors (Lipinski definition) is 5. The summed E-state index contributed by atoms with van der Waals surface area (Å²) in [4.78, 5) is 33.1. The number of hydrogen-bond donors (Lipinski definition) is 0. The second kappa shape index (κ2) is 11.9. The van der Waals surface area contributed by atoms with Gasteiger partial charge in [0.1, 0.15) is 11.3 Å². The molecule has 2 aromatic rings. The van der Waals surface area contributed by atoms with E-state index in [-0.39, 0.29) is 18.5 Å². The zero-order valence-electron chi connectivity index (χ0n) is 21.8. The van der Waals surface area contributed by atoms with Gasteiger partial charge in [-0.3, -0.25) is 9.69 Å². The van der Waals surface area contributed by atoms with E-state index in [0.29, 0.717) is 38.5 Å². The molecular formula is C29H39N3O4. The number of imide groups is 1. The van der Waals surface area contributed by atoms with Crippen LogP contribution in [0.1, 0.15) is 43.7 Å². The highest BCUT2D eigenvalue weighted by Gasteiger charge is 2.57. The minimum absolute atomic E-state index is 0.0580. The Morgan fingerprint density at radius 1 is 0.944 bits per heavy atom. The largest absolute Gasteiger partial charge is 0.497 e. The van der Waals surface area contributed by atoms with E-state index < -0.39 is 5.54 Å². The summed E-state index contributed by atoms with van der Waals surface area (Å²) in [5.74, 6) is 0.696. The maximum atomic E-state index is 13.8. The van der Waals surface area contributed by atoms with Gasteiger partial charge >= 0.3 is 6.03 Å². The first-order valence-corrected chi connectivity index (χ1v) is 13.0. The first-order valence-electron chi connectivity index (χ1n) is 13.0. The van der Waals surface area contributed by atoms with Gasteiger partial charge in [0.15, 0.2) is 0 Å². The molecule has 2 aliphatic rings. The molecule has 1 atom stereocenters. The van der Waals surface area contributed by atoms with Crippen LogP contribution in [-0.2, 0) is 22.5 Å². The number of likely N-dealkylation sites (tertiary alicyclic amines) is 1. The van der Waals surface area contributed by atoms with Crippen LogP contribution in [-0.4, -0.2) is 78.7 Å². The summed E-state index contributed by atoms with van der Waals surface area (Å²) in [7, 11) is 3.29. The quantitative estimate of drug-likeness (QED) is 0.344. The number of methoxy groups -OCH3 is 2. The Balaban J connectivity index is 1.44. The van der Waals surface area contributed by atoms with E-state index in [4.69, 9.17) is 9.47 Å². The fraction of sp³-hybridized carbons (Fsp3) is 0.517. The Morgan fingerprint density at radius 3 is 2.28 bits per heavy atom. The normalized spacial score (nSPS) is 18.8. The van der Waals surface area contributed by atoms with Crippen molar-refractivity contribution in [2.75, 3.05) is 40.5 Å². The van der Waals surface area contributed by atoms with Crippen molar-refractivity contribution in [3.63, 3.8) is 0 Å². The van der Waals surface area contributed by atoms with Gasteiger partial charge in [0.2, 0.25) is 0 Å². The number of amides is 3. The molecule has 2 saturated heterocycles. The third-order valence-corrected chi connectivity index (χ3v) is 7.79. The van der Waals surface area contributed by atoms with Crippen LogP contribution in [0.3, 0.4) is 0 Å². The number of rotatable bonds is 11. The van der Waals surface area contributed by atoms with Gasteiger partial charge in [-0.15, -0.1) is 0 Å². The number of benzene rings is 2. The van der Waals surface area contributed by atoms with Crippen LogP contribution < -0.4 is 4.74 Å². The second-order valence-corrected chi connectivity index (χ2v) is 9.96. The topological polar surface area (TPSA) is 62.3 Å². The molecule has 0 aromatic heterocycles. The van der Waals surface area contributed by atoms with Gasteiger partial charge in [-0.25, -0.2) is 4.79 Å². The number of carbonyl (C=O) groups is 2. The van der Waals surface area contributed by atoms with Gasteiger partial charge in [-0.05, 0) is 62.3 Å². The zero-order valence-corrected chi connectivity index (χ0v) is 21.8. The van der Waals surface area contributed by atoms with Crippen molar-refractivity contribution in [2.24, 2.45) is 0 Å². The molecule has 0 saturated carbocycles. The Hall–Kier alpha value is -2.90. The molecule has 7 heteroatoms. The van der Waals surface area contributed by atoms with Gasteiger partial charge in [0.05, 0.1) is 13.7 Å². The molecule has 36 heavy (non-hydrogen) atoms. The van der Waals surface area contributed by atoms with Crippen LogP contribution in [0.25, 0.3) is 0 Å². The van der Waals surface area contributed by atoms with Crippen LogP contribution in [0.4, 0.5) is 4.79 Å². The van der Waals surface area contributed by atoms with Crippen LogP contribution in [0, 0.1) is 0 Å². The molecule has 0 N–H and O–H groups in total. The van der Waals surface area contributed by atoms with Crippen molar-refractivity contribution < 1.29 is 19.1 Å². The molecule has 2 aliphatic heterocycles. The first kappa shape index (κ1) is 26.2. The number of nitrogens with zero attached hydrogens (tertiary/aromatic N) is 3. The molecule has 0 radical (unpaired) electrons. The highest BCUT2D eigenvalue weighted by molar-refractivity contribution is 6.07. The van der Waals surface area contributed by atoms with Crippen molar-refractivity contribution in [2.45, 2.75) is 57.2 Å². The van der Waals surface area contributed by atoms with E-state index >= 15 is 0 Å². The number of piperidine rings is 1. The molecule has 1 spiro atoms. The van der Waals surface area contributed by atoms with Crippen molar-refractivity contribution in [3.8, 4) is 5.75 Å². The van der Waals surface area contributed by atoms with E-state index in [1.807, 2.05) is 35.2 Å². The second-order valence-electron chi connectivity index (χ2n) is 9.96. The summed E-state index contributed by atoms with van der Waals surface area (Å²) in [6.07, 6.45) is 4.16. The molecular weight excluding hydrogens is 454 g/mol. The smallest absolute Gasteiger partial charge is 0.327 e. The minimum Gasteiger partial charge on any atom is -0.497 e. The summed E-state index contributed by atoms with van der Waals surface area (Å²) < 4.78 is 10.5. The van der Waals surface area contributed by atoms with Gasteiger partial charge < -0.3 is 19.3 Å². The number of carbonyl (C=O) groups excluding carboxylic acids is 2. The molecule has 2 aromatic carbocycles. The average Bonchev–Trinajstić information content (AvgIpc) is 3.10. The summed E-state index contributed by atoms with van der Waals surface area (Å²) in [6, 6.07) is 18.4. The highest BCUT2D eigenvalue weighted by Crippen LogP contribution is 2.39. The Bertz CT molecular complexity index is 1000. The zero-order chi connectivity index (χ0) is 25.5. The molecule has 2 fully saturated rings. The van der Waals surface area contributed by atoms with Crippen molar-refractivity contribution in [1.82, 2.24) is 14.7 Å². The van der Waals surface area contributed by atoms with Crippen LogP contribution in [0.15, 0.2) is 54.6 Å². The lowest BCUT2D eigenvalue weighted by molar-refractivity contribution is -0.136. The standard InChI is InChI=1S/C29H39N3O4/c1-23(10-11-24-8-5-4-6-9-24)30-19-16-29(17-20-30)27(33)31(28(34)32(29)18-7-21-35-2)22-25-12-14-26(36-3)15-13-25/h4-6,8-9,12-15,23H,7,10-11,16-22H2,1-3H3/t23-/m1/s1. The van der Waals surface area contributed by atoms with Gasteiger partial charge in [0.25, 0.3) is 5.91 Å². The lowest BCUT2D eigenvalue weighted by Gasteiger charge is -2.44. The predicted molar refractivity (Wildman–Crippen MR) is 140 cm³/mol. The Kier molecular flexibility index (Phi) is 8.64. The lowest BCUT2D eigenvalue weighted by Crippen LogP contribution is -2.58. The lowest BCUT2D eigenvalue weighted by atomic mass is 9.84. The fourth-order valence-corrected chi connectivity index (χ4v) is 5.53. The fourth-order valence-electron chi connectivity index (χ4n) is 5.53. The molecule has 194 valence electrons. The van der Waals surface area contributed by atoms with E-state index in [0.717, 1.165) is 37.2 Å². The molecule has 3 amide bonds. The van der Waals surface area contributed by atoms with Crippen molar-refractivity contribution in [3.05, 3.63) is 65.7 Å². The number of aryl methyl sites for hydroxylation is 1. The highest BCUT2D eigenvalue weighted by atomic mass is 16.5. The van der Waals surface area contributed by atoms with Gasteiger partial charge in [-0.2, -0.15) is 0 Å². The van der Waals surface area contributed by atoms with Crippen LogP contribution in [0.5, 0.6) is 5.75 Å². The van der Waals surface area contributed by atoms with Crippen LogP contribution >= 0.6 is 0 Å². The average molecular weight is 494 g/mol. The van der Waals surface area contributed by atoms with Crippen molar-refractivity contribution >= 4 is 11.9 Å². The molecule has 4 rings (SSSR count). The summed E-state index contributed by atoms with van der Waals surface area (Å²) >= 11 is 0. The maximum absolute atomic E-state index is 13.8. The molecule has 7 nitrogen and oxygen atoms in total. The third kappa shape index (κ3) is 5.57. The molecule has 0 bridgehead atoms. The van der Waals surface area contributed by atoms with E-state index in [1.54, 1.807) is 14.2 Å². The maximum Gasteiger partial charge on any atom is 0.327 e. The third-order valence-electron chi connectivity index (χ3n) is 7.79. The number of urea groups is 1. The van der Waals surface area contributed by atoms with Gasteiger partial charge in [-0.1, -0.05) is 42.5 Å². The SMILES string of the molecule is COCCCN1C(=O)N(Cc2ccc(OC)cc2)C(=O)C12CCN([C@H](C)CCc1ccccc1)CC2. The summed E-state index contributed by atoms with van der Waals surface area (Å²) in [5, 5.41) is 0. The molecule has 2 heterocycles. The van der Waals surface area contributed by atoms with E-state index in [1.165, 1.54) is 10.5 Å². The minimum atomic E-state index is -0.757. The van der Waals surface area contributed by atoms with E-state index in [2.05, 4.69) is 36.1 Å². The van der Waals surface area contributed by atoms with E-state index in [9.17, 15) is 9.59 Å². The van der Waals surface area contributed by atoms with Gasteiger partial charge in [0, 0.05) is 39.4 Å².